The van der Waals surface area contributed by atoms with Crippen LogP contribution in [0.25, 0.3) is 11.5 Å². The number of carbonyl (C=O) groups is 1. The van der Waals surface area contributed by atoms with E-state index in [0.717, 1.165) is 5.75 Å². The second-order valence-corrected chi connectivity index (χ2v) is 5.11. The van der Waals surface area contributed by atoms with Gasteiger partial charge in [0.2, 0.25) is 0 Å². The van der Waals surface area contributed by atoms with Crippen LogP contribution in [-0.2, 0) is 6.42 Å². The lowest BCUT2D eigenvalue weighted by atomic mass is 10.1. The highest BCUT2D eigenvalue weighted by atomic mass is 19.1. The first-order chi connectivity index (χ1) is 12.1. The molecule has 0 aliphatic rings. The number of primary amides is 1. The minimum atomic E-state index is -0.774. The molecule has 0 fully saturated rings. The molecule has 1 aromatic heterocycles. The first-order valence-corrected chi connectivity index (χ1v) is 7.48. The normalized spacial score (nSPS) is 10.4. The number of urea groups is 1. The number of hydrogen-bond donors (Lipinski definition) is 2. The molecule has 0 bridgehead atoms. The van der Waals surface area contributed by atoms with E-state index in [1.807, 2.05) is 30.3 Å². The van der Waals surface area contributed by atoms with Gasteiger partial charge in [-0.3, -0.25) is 0 Å². The van der Waals surface area contributed by atoms with E-state index in [1.165, 1.54) is 18.2 Å². The van der Waals surface area contributed by atoms with Crippen molar-refractivity contribution < 1.29 is 18.4 Å². The van der Waals surface area contributed by atoms with Gasteiger partial charge in [0.25, 0.3) is 5.89 Å². The maximum Gasteiger partial charge on any atom is 0.316 e. The van der Waals surface area contributed by atoms with Crippen LogP contribution in [0.2, 0.25) is 0 Å². The minimum absolute atomic E-state index is 0.0814. The Morgan fingerprint density at radius 3 is 2.80 bits per heavy atom. The summed E-state index contributed by atoms with van der Waals surface area (Å²) in [6, 6.07) is 12.3. The molecule has 3 N–H and O–H groups in total. The Labute approximate surface area is 142 Å². The number of para-hydroxylation sites is 1. The number of anilines is 1. The number of nitrogens with zero attached hydrogens (tertiary/aromatic N) is 2. The van der Waals surface area contributed by atoms with Crippen molar-refractivity contribution in [2.24, 2.45) is 5.73 Å². The van der Waals surface area contributed by atoms with Gasteiger partial charge in [-0.05, 0) is 30.3 Å². The van der Waals surface area contributed by atoms with E-state index in [1.54, 1.807) is 0 Å². The molecular weight excluding hydrogens is 327 g/mol. The second kappa shape index (κ2) is 7.43. The van der Waals surface area contributed by atoms with Gasteiger partial charge in [0, 0.05) is 6.42 Å². The Balaban J connectivity index is 1.71. The monoisotopic (exact) mass is 342 g/mol. The van der Waals surface area contributed by atoms with Crippen molar-refractivity contribution in [2.45, 2.75) is 6.42 Å². The number of amides is 2. The molecule has 2 aromatic carbocycles. The molecule has 3 aromatic rings. The van der Waals surface area contributed by atoms with E-state index >= 15 is 0 Å². The summed E-state index contributed by atoms with van der Waals surface area (Å²) in [6.07, 6.45) is 0.409. The number of benzene rings is 2. The third kappa shape index (κ3) is 4.31. The van der Waals surface area contributed by atoms with E-state index in [9.17, 15) is 9.18 Å². The van der Waals surface area contributed by atoms with Gasteiger partial charge in [0.15, 0.2) is 5.82 Å². The molecule has 0 saturated heterocycles. The van der Waals surface area contributed by atoms with E-state index in [-0.39, 0.29) is 17.1 Å². The standard InChI is InChI=1S/C17H15FN4O3/c18-11-6-7-14(20-17(19)23)13(10-11)16-21-15(22-25-16)8-9-24-12-4-2-1-3-5-12/h1-7,10H,8-9H2,(H3,19,20,23). The summed E-state index contributed by atoms with van der Waals surface area (Å²) in [5.41, 5.74) is 5.64. The van der Waals surface area contributed by atoms with Crippen molar-refractivity contribution in [1.29, 1.82) is 0 Å². The van der Waals surface area contributed by atoms with Gasteiger partial charge in [-0.1, -0.05) is 23.4 Å². The largest absolute Gasteiger partial charge is 0.493 e. The first-order valence-electron chi connectivity index (χ1n) is 7.48. The van der Waals surface area contributed by atoms with Crippen molar-refractivity contribution in [3.8, 4) is 17.2 Å². The maximum absolute atomic E-state index is 13.5. The highest BCUT2D eigenvalue weighted by molar-refractivity contribution is 5.92. The van der Waals surface area contributed by atoms with Crippen LogP contribution in [0.5, 0.6) is 5.75 Å². The maximum atomic E-state index is 13.5. The fraction of sp³-hybridized carbons (Fsp3) is 0.118. The number of hydrogen-bond acceptors (Lipinski definition) is 5. The number of halogens is 1. The zero-order valence-electron chi connectivity index (χ0n) is 13.1. The van der Waals surface area contributed by atoms with Crippen LogP contribution in [0.15, 0.2) is 53.1 Å². The third-order valence-electron chi connectivity index (χ3n) is 3.28. The zero-order valence-corrected chi connectivity index (χ0v) is 13.1. The van der Waals surface area contributed by atoms with Crippen LogP contribution < -0.4 is 15.8 Å². The summed E-state index contributed by atoms with van der Waals surface area (Å²) >= 11 is 0. The summed E-state index contributed by atoms with van der Waals surface area (Å²) in [6.45, 7) is 0.360. The van der Waals surface area contributed by atoms with Crippen LogP contribution in [-0.4, -0.2) is 22.8 Å². The molecular formula is C17H15FN4O3. The molecule has 0 aliphatic carbocycles. The number of rotatable bonds is 6. The Hall–Kier alpha value is -3.42. The number of ether oxygens (including phenoxy) is 1. The molecule has 128 valence electrons. The Morgan fingerprint density at radius 1 is 1.24 bits per heavy atom. The van der Waals surface area contributed by atoms with E-state index in [0.29, 0.717) is 18.9 Å². The summed E-state index contributed by atoms with van der Waals surface area (Å²) in [7, 11) is 0. The third-order valence-corrected chi connectivity index (χ3v) is 3.28. The van der Waals surface area contributed by atoms with Crippen LogP contribution in [0.1, 0.15) is 5.82 Å². The van der Waals surface area contributed by atoms with Gasteiger partial charge in [0.05, 0.1) is 17.9 Å². The second-order valence-electron chi connectivity index (χ2n) is 5.11. The molecule has 0 saturated carbocycles. The SMILES string of the molecule is NC(=O)Nc1ccc(F)cc1-c1nc(CCOc2ccccc2)no1. The van der Waals surface area contributed by atoms with Gasteiger partial charge in [-0.2, -0.15) is 4.98 Å². The van der Waals surface area contributed by atoms with Gasteiger partial charge in [-0.15, -0.1) is 0 Å². The van der Waals surface area contributed by atoms with E-state index < -0.39 is 11.8 Å². The number of carbonyl (C=O) groups excluding carboxylic acids is 1. The van der Waals surface area contributed by atoms with Crippen molar-refractivity contribution >= 4 is 11.7 Å². The van der Waals surface area contributed by atoms with Gasteiger partial charge < -0.3 is 20.3 Å². The van der Waals surface area contributed by atoms with Crippen molar-refractivity contribution in [3.63, 3.8) is 0 Å². The average Bonchev–Trinajstić information content (AvgIpc) is 3.06. The predicted molar refractivity (Wildman–Crippen MR) is 88.5 cm³/mol. The average molecular weight is 342 g/mol. The fourth-order valence-corrected chi connectivity index (χ4v) is 2.18. The molecule has 8 heteroatoms. The molecule has 7 nitrogen and oxygen atoms in total. The molecule has 25 heavy (non-hydrogen) atoms. The van der Waals surface area contributed by atoms with E-state index in [2.05, 4.69) is 15.5 Å². The quantitative estimate of drug-likeness (QED) is 0.717. The van der Waals surface area contributed by atoms with Gasteiger partial charge in [0.1, 0.15) is 11.6 Å². The topological polar surface area (TPSA) is 103 Å². The lowest BCUT2D eigenvalue weighted by Gasteiger charge is -2.06. The molecule has 0 atom stereocenters. The summed E-state index contributed by atoms with van der Waals surface area (Å²) in [4.78, 5) is 15.3. The summed E-state index contributed by atoms with van der Waals surface area (Å²) in [5, 5.41) is 6.23. The molecule has 0 radical (unpaired) electrons. The van der Waals surface area contributed by atoms with Crippen LogP contribution >= 0.6 is 0 Å². The highest BCUT2D eigenvalue weighted by Gasteiger charge is 2.15. The number of aromatic nitrogens is 2. The van der Waals surface area contributed by atoms with Gasteiger partial charge in [-0.25, -0.2) is 9.18 Å². The van der Waals surface area contributed by atoms with Crippen molar-refractivity contribution in [1.82, 2.24) is 10.1 Å². The predicted octanol–water partition coefficient (Wildman–Crippen LogP) is 2.99. The molecule has 2 amide bonds. The molecule has 3 rings (SSSR count). The fourth-order valence-electron chi connectivity index (χ4n) is 2.18. The van der Waals surface area contributed by atoms with Crippen LogP contribution in [0.3, 0.4) is 0 Å². The Morgan fingerprint density at radius 2 is 2.04 bits per heavy atom. The zero-order chi connectivity index (χ0) is 17.6. The Bertz CT molecular complexity index is 867. The summed E-state index contributed by atoms with van der Waals surface area (Å²) < 4.78 is 24.2. The smallest absolute Gasteiger partial charge is 0.316 e. The lowest BCUT2D eigenvalue weighted by Crippen LogP contribution is -2.19. The summed E-state index contributed by atoms with van der Waals surface area (Å²) in [5.74, 6) is 0.722. The molecule has 0 aliphatic heterocycles. The first kappa shape index (κ1) is 16.4. The minimum Gasteiger partial charge on any atom is -0.493 e. The molecule has 0 unspecified atom stereocenters. The number of nitrogens with two attached hydrogens (primary N) is 1. The molecule has 0 spiro atoms. The highest BCUT2D eigenvalue weighted by Crippen LogP contribution is 2.27. The van der Waals surface area contributed by atoms with Gasteiger partial charge >= 0.3 is 6.03 Å². The van der Waals surface area contributed by atoms with Crippen LogP contribution in [0.4, 0.5) is 14.9 Å². The van der Waals surface area contributed by atoms with E-state index in [4.69, 9.17) is 15.0 Å². The van der Waals surface area contributed by atoms with Crippen molar-refractivity contribution in [3.05, 3.63) is 60.2 Å². The lowest BCUT2D eigenvalue weighted by molar-refractivity contribution is 0.259. The molecule has 1 heterocycles. The Kier molecular flexibility index (Phi) is 4.89. The number of nitrogens with one attached hydrogen (secondary N) is 1. The van der Waals surface area contributed by atoms with Crippen molar-refractivity contribution in [2.75, 3.05) is 11.9 Å². The van der Waals surface area contributed by atoms with Crippen LogP contribution in [0, 0.1) is 5.82 Å².